The summed E-state index contributed by atoms with van der Waals surface area (Å²) in [5.41, 5.74) is 1.57. The molecule has 5 rings (SSSR count). The van der Waals surface area contributed by atoms with Crippen LogP contribution in [0.15, 0.2) is 48.5 Å². The number of nitrogens with one attached hydrogen (secondary N) is 1. The van der Waals surface area contributed by atoms with E-state index in [1.807, 2.05) is 30.3 Å². The first-order valence-electron chi connectivity index (χ1n) is 10.9. The molecule has 3 aromatic carbocycles. The van der Waals surface area contributed by atoms with Gasteiger partial charge in [0.15, 0.2) is 5.79 Å². The Hall–Kier alpha value is -3.49. The van der Waals surface area contributed by atoms with Gasteiger partial charge in [0.25, 0.3) is 5.91 Å². The van der Waals surface area contributed by atoms with Gasteiger partial charge in [0.05, 0.1) is 26.3 Å². The molecule has 1 spiro atoms. The number of aliphatic carboxylic acids is 1. The van der Waals surface area contributed by atoms with Gasteiger partial charge >= 0.3 is 5.97 Å². The molecule has 8 nitrogen and oxygen atoms in total. The topological polar surface area (TPSA) is 105 Å². The second-order valence-corrected chi connectivity index (χ2v) is 8.53. The Kier molecular flexibility index (Phi) is 5.26. The van der Waals surface area contributed by atoms with Crippen molar-refractivity contribution >= 4 is 39.3 Å². The van der Waals surface area contributed by atoms with E-state index >= 15 is 0 Å². The fraction of sp³-hybridized carbons (Fsp3) is 0.320. The summed E-state index contributed by atoms with van der Waals surface area (Å²) in [6, 6.07) is 14.5. The van der Waals surface area contributed by atoms with Gasteiger partial charge in [-0.2, -0.15) is 0 Å². The number of benzene rings is 3. The highest BCUT2D eigenvalue weighted by Gasteiger charge is 2.52. The molecule has 3 aromatic rings. The van der Waals surface area contributed by atoms with Crippen molar-refractivity contribution in [2.75, 3.05) is 26.3 Å². The summed E-state index contributed by atoms with van der Waals surface area (Å²) in [5.74, 6) is -3.08. The molecule has 2 heterocycles. The van der Waals surface area contributed by atoms with Crippen LogP contribution in [0.2, 0.25) is 0 Å². The number of hydrogen-bond acceptors (Lipinski definition) is 5. The molecule has 2 aliphatic heterocycles. The normalized spacial score (nSPS) is 19.4. The first-order valence-corrected chi connectivity index (χ1v) is 10.9. The lowest BCUT2D eigenvalue weighted by Gasteiger charge is -2.23. The predicted molar refractivity (Wildman–Crippen MR) is 121 cm³/mol. The van der Waals surface area contributed by atoms with Crippen LogP contribution in [0.5, 0.6) is 0 Å². The van der Waals surface area contributed by atoms with E-state index in [9.17, 15) is 19.5 Å². The average molecular weight is 448 g/mol. The summed E-state index contributed by atoms with van der Waals surface area (Å²) in [4.78, 5) is 38.4. The molecule has 33 heavy (non-hydrogen) atoms. The lowest BCUT2D eigenvalue weighted by Crippen LogP contribution is -2.46. The van der Waals surface area contributed by atoms with E-state index in [0.717, 1.165) is 21.7 Å². The van der Waals surface area contributed by atoms with Crippen LogP contribution in [0, 0.1) is 6.92 Å². The monoisotopic (exact) mass is 448 g/mol. The molecule has 1 unspecified atom stereocenters. The number of carbonyl (C=O) groups excluding carboxylic acids is 2. The van der Waals surface area contributed by atoms with Crippen LogP contribution in [-0.2, 0) is 19.1 Å². The second kappa shape index (κ2) is 8.13. The van der Waals surface area contributed by atoms with E-state index in [2.05, 4.69) is 18.3 Å². The molecular formula is C25H24N2O6. The van der Waals surface area contributed by atoms with Crippen molar-refractivity contribution in [1.29, 1.82) is 0 Å². The first-order chi connectivity index (χ1) is 15.9. The Bertz CT molecular complexity index is 1280. The smallest absolute Gasteiger partial charge is 0.326 e. The number of aryl methyl sites for hydroxylation is 1. The zero-order chi connectivity index (χ0) is 23.2. The lowest BCUT2D eigenvalue weighted by molar-refractivity contribution is -0.152. The highest BCUT2D eigenvalue weighted by molar-refractivity contribution is 6.05. The number of fused-ring (bicyclic) bond motifs is 2. The third kappa shape index (κ3) is 3.81. The zero-order valence-corrected chi connectivity index (χ0v) is 18.2. The Morgan fingerprint density at radius 1 is 1.06 bits per heavy atom. The number of ether oxygens (including phenoxy) is 2. The average Bonchev–Trinajstić information content (AvgIpc) is 3.44. The fourth-order valence-electron chi connectivity index (χ4n) is 4.83. The maximum atomic E-state index is 12.8. The summed E-state index contributed by atoms with van der Waals surface area (Å²) in [6.07, 6.45) is 0.0694. The summed E-state index contributed by atoms with van der Waals surface area (Å²) in [7, 11) is 0. The molecule has 2 saturated heterocycles. The minimum Gasteiger partial charge on any atom is -0.480 e. The van der Waals surface area contributed by atoms with Gasteiger partial charge in [0.2, 0.25) is 5.91 Å². The van der Waals surface area contributed by atoms with Crippen LogP contribution >= 0.6 is 0 Å². The standard InChI is InChI=1S/C25H24N2O6/c1-15-19-5-3-2-4-16(19)10-18-11-17(6-7-20(15)18)23(29)26-13-22(28)27-14-25(32-8-9-33-25)12-21(27)24(30)31/h2-7,10-11,21H,8-9,12-14H2,1H3,(H,26,29)(H,30,31). The summed E-state index contributed by atoms with van der Waals surface area (Å²) in [6.45, 7) is 2.50. The van der Waals surface area contributed by atoms with Crippen molar-refractivity contribution in [3.8, 4) is 0 Å². The number of amides is 2. The number of rotatable bonds is 4. The van der Waals surface area contributed by atoms with Crippen LogP contribution in [0.25, 0.3) is 21.5 Å². The third-order valence-electron chi connectivity index (χ3n) is 6.50. The first kappa shape index (κ1) is 21.4. The van der Waals surface area contributed by atoms with Crippen molar-refractivity contribution < 1.29 is 29.0 Å². The SMILES string of the molecule is Cc1c2ccccc2cc2cc(C(=O)NCC(=O)N3CC4(CC3C(=O)O)OCCO4)ccc12. The van der Waals surface area contributed by atoms with Gasteiger partial charge in [-0.15, -0.1) is 0 Å². The number of carbonyl (C=O) groups is 3. The molecule has 0 saturated carbocycles. The maximum absolute atomic E-state index is 12.8. The van der Waals surface area contributed by atoms with E-state index in [0.29, 0.717) is 18.8 Å². The molecule has 2 amide bonds. The van der Waals surface area contributed by atoms with Crippen molar-refractivity contribution in [3.05, 3.63) is 59.7 Å². The van der Waals surface area contributed by atoms with Crippen molar-refractivity contribution in [3.63, 3.8) is 0 Å². The van der Waals surface area contributed by atoms with E-state index in [-0.39, 0.29) is 19.5 Å². The largest absolute Gasteiger partial charge is 0.480 e. The Morgan fingerprint density at radius 2 is 1.79 bits per heavy atom. The predicted octanol–water partition coefficient (Wildman–Crippen LogP) is 2.46. The van der Waals surface area contributed by atoms with Gasteiger partial charge in [-0.05, 0) is 52.2 Å². The summed E-state index contributed by atoms with van der Waals surface area (Å²) in [5, 5.41) is 16.4. The van der Waals surface area contributed by atoms with E-state index in [4.69, 9.17) is 9.47 Å². The molecule has 0 aromatic heterocycles. The molecule has 2 fully saturated rings. The second-order valence-electron chi connectivity index (χ2n) is 8.53. The Balaban J connectivity index is 1.31. The molecule has 1 atom stereocenters. The van der Waals surface area contributed by atoms with Gasteiger partial charge in [0, 0.05) is 12.0 Å². The highest BCUT2D eigenvalue weighted by atomic mass is 16.7. The molecule has 8 heteroatoms. The molecule has 0 bridgehead atoms. The third-order valence-corrected chi connectivity index (χ3v) is 6.50. The maximum Gasteiger partial charge on any atom is 0.326 e. The number of carboxylic acids is 1. The van der Waals surface area contributed by atoms with Gasteiger partial charge < -0.3 is 24.8 Å². The summed E-state index contributed by atoms with van der Waals surface area (Å²) < 4.78 is 11.1. The minimum absolute atomic E-state index is 0.0288. The van der Waals surface area contributed by atoms with Crippen molar-refractivity contribution in [2.24, 2.45) is 0 Å². The highest BCUT2D eigenvalue weighted by Crippen LogP contribution is 2.35. The quantitative estimate of drug-likeness (QED) is 0.594. The van der Waals surface area contributed by atoms with Crippen molar-refractivity contribution in [2.45, 2.75) is 25.2 Å². The number of hydrogen-bond donors (Lipinski definition) is 2. The van der Waals surface area contributed by atoms with E-state index < -0.39 is 29.6 Å². The fourth-order valence-corrected chi connectivity index (χ4v) is 4.83. The van der Waals surface area contributed by atoms with Gasteiger partial charge in [-0.25, -0.2) is 4.79 Å². The Morgan fingerprint density at radius 3 is 2.55 bits per heavy atom. The van der Waals surface area contributed by atoms with E-state index in [1.165, 1.54) is 10.3 Å². The van der Waals surface area contributed by atoms with Crippen LogP contribution in [-0.4, -0.2) is 65.9 Å². The van der Waals surface area contributed by atoms with Gasteiger partial charge in [-0.1, -0.05) is 30.3 Å². The van der Waals surface area contributed by atoms with E-state index in [1.54, 1.807) is 12.1 Å². The van der Waals surface area contributed by atoms with Crippen LogP contribution in [0.4, 0.5) is 0 Å². The molecular weight excluding hydrogens is 424 g/mol. The number of nitrogens with zero attached hydrogens (tertiary/aromatic N) is 1. The Labute approximate surface area is 190 Å². The van der Waals surface area contributed by atoms with Crippen LogP contribution < -0.4 is 5.32 Å². The number of carboxylic acid groups (broad SMARTS) is 1. The number of likely N-dealkylation sites (tertiary alicyclic amines) is 1. The molecule has 0 aliphatic carbocycles. The molecule has 170 valence electrons. The molecule has 2 N–H and O–H groups in total. The summed E-state index contributed by atoms with van der Waals surface area (Å²) >= 11 is 0. The minimum atomic E-state index is -1.12. The molecule has 0 radical (unpaired) electrons. The molecule has 2 aliphatic rings. The van der Waals surface area contributed by atoms with Gasteiger partial charge in [-0.3, -0.25) is 9.59 Å². The van der Waals surface area contributed by atoms with Crippen LogP contribution in [0.3, 0.4) is 0 Å². The zero-order valence-electron chi connectivity index (χ0n) is 18.2. The lowest BCUT2D eigenvalue weighted by atomic mass is 9.96. The van der Waals surface area contributed by atoms with Gasteiger partial charge in [0.1, 0.15) is 6.04 Å². The van der Waals surface area contributed by atoms with Crippen molar-refractivity contribution in [1.82, 2.24) is 10.2 Å². The van der Waals surface area contributed by atoms with Crippen LogP contribution in [0.1, 0.15) is 22.3 Å².